The molecule has 2 unspecified atom stereocenters. The van der Waals surface area contributed by atoms with E-state index in [2.05, 4.69) is 0 Å². The summed E-state index contributed by atoms with van der Waals surface area (Å²) in [7, 11) is 0. The number of hydrogen-bond acceptors (Lipinski definition) is 2. The Morgan fingerprint density at radius 1 is 1.00 bits per heavy atom. The summed E-state index contributed by atoms with van der Waals surface area (Å²) in [5, 5.41) is 20.4. The van der Waals surface area contributed by atoms with Gasteiger partial charge < -0.3 is 0 Å². The van der Waals surface area contributed by atoms with Gasteiger partial charge in [-0.15, -0.1) is 0 Å². The Morgan fingerprint density at radius 2 is 1.29 bits per heavy atom. The molecule has 2 atom stereocenters. The Labute approximate surface area is 91.4 Å². The van der Waals surface area contributed by atoms with E-state index in [1.54, 1.807) is 0 Å². The minimum absolute atomic E-state index is 0.176. The van der Waals surface area contributed by atoms with Gasteiger partial charge >= 0.3 is 91.0 Å². The summed E-state index contributed by atoms with van der Waals surface area (Å²) in [6.45, 7) is 8.12. The zero-order chi connectivity index (χ0) is 11.2. The molecular weight excluding hydrogens is 219 g/mol. The van der Waals surface area contributed by atoms with E-state index in [1.165, 1.54) is 0 Å². The van der Waals surface area contributed by atoms with Crippen molar-refractivity contribution in [1.29, 1.82) is 0 Å². The minimum atomic E-state index is -2.89. The molecule has 0 radical (unpaired) electrons. The van der Waals surface area contributed by atoms with Crippen molar-refractivity contribution >= 4 is 17.2 Å². The van der Waals surface area contributed by atoms with Gasteiger partial charge in [0.05, 0.1) is 0 Å². The van der Waals surface area contributed by atoms with Gasteiger partial charge in [-0.1, -0.05) is 0 Å². The molecule has 0 aromatic rings. The summed E-state index contributed by atoms with van der Waals surface area (Å²) in [5.74, 6) is -3.87. The summed E-state index contributed by atoms with van der Waals surface area (Å²) >= 11 is 6.83. The van der Waals surface area contributed by atoms with Crippen LogP contribution in [0.4, 0.5) is 0 Å². The van der Waals surface area contributed by atoms with E-state index in [9.17, 15) is 10.2 Å². The van der Waals surface area contributed by atoms with E-state index in [4.69, 9.17) is 11.2 Å². The van der Waals surface area contributed by atoms with E-state index in [-0.39, 0.29) is 11.3 Å². The third kappa shape index (κ3) is 1.21. The van der Waals surface area contributed by atoms with Crippen LogP contribution >= 0.6 is 17.2 Å². The third-order valence-electron chi connectivity index (χ3n) is 4.12. The molecule has 0 amide bonds. The van der Waals surface area contributed by atoms with Crippen molar-refractivity contribution in [2.24, 2.45) is 0 Å². The normalized spacial score (nSPS) is 38.5. The zero-order valence-corrected chi connectivity index (χ0v) is 11.1. The van der Waals surface area contributed by atoms with Crippen molar-refractivity contribution in [2.75, 3.05) is 0 Å². The molecule has 0 aromatic heterocycles. The van der Waals surface area contributed by atoms with Gasteiger partial charge in [0, 0.05) is 0 Å². The maximum atomic E-state index is 10.2. The summed E-state index contributed by atoms with van der Waals surface area (Å²) in [4.78, 5) is 0. The fourth-order valence-corrected chi connectivity index (χ4v) is 9.33. The third-order valence-corrected chi connectivity index (χ3v) is 15.2. The van der Waals surface area contributed by atoms with Gasteiger partial charge in [0.25, 0.3) is 0 Å². The van der Waals surface area contributed by atoms with Crippen molar-refractivity contribution in [3.05, 3.63) is 0 Å². The molecule has 1 heterocycles. The molecule has 14 heavy (non-hydrogen) atoms. The molecule has 1 rings (SSSR count). The van der Waals surface area contributed by atoms with Gasteiger partial charge in [-0.3, -0.25) is 0 Å². The zero-order valence-electron chi connectivity index (χ0n) is 9.44. The molecule has 1 aliphatic rings. The Bertz CT molecular complexity index is 208. The van der Waals surface area contributed by atoms with Gasteiger partial charge in [-0.2, -0.15) is 0 Å². The molecule has 0 spiro atoms. The maximum absolute atomic E-state index is 10.2. The SMILES string of the molecule is CC(C)P1(Cl)(C(C)C)C(O)CCC1O. The second kappa shape index (κ2) is 3.59. The monoisotopic (exact) mass is 240 g/mol. The average Bonchev–Trinajstić information content (AvgIpc) is 2.32. The molecular formula is C10H22ClO2P. The first-order valence-corrected chi connectivity index (χ1v) is 8.76. The van der Waals surface area contributed by atoms with Crippen molar-refractivity contribution in [3.8, 4) is 0 Å². The first kappa shape index (κ1) is 12.7. The number of aliphatic hydroxyl groups is 2. The van der Waals surface area contributed by atoms with Crippen LogP contribution in [0, 0.1) is 0 Å². The molecule has 0 bridgehead atoms. The molecule has 0 saturated carbocycles. The van der Waals surface area contributed by atoms with E-state index >= 15 is 0 Å². The van der Waals surface area contributed by atoms with Crippen LogP contribution in [0.3, 0.4) is 0 Å². The molecule has 2 nitrogen and oxygen atoms in total. The molecule has 0 aliphatic carbocycles. The number of aliphatic hydroxyl groups excluding tert-OH is 2. The summed E-state index contributed by atoms with van der Waals surface area (Å²) in [6, 6.07) is 0. The topological polar surface area (TPSA) is 40.5 Å². The number of rotatable bonds is 2. The predicted molar refractivity (Wildman–Crippen MR) is 64.3 cm³/mol. The van der Waals surface area contributed by atoms with Gasteiger partial charge in [0.15, 0.2) is 0 Å². The molecule has 1 saturated heterocycles. The Hall–Kier alpha value is 0.640. The van der Waals surface area contributed by atoms with E-state index < -0.39 is 17.6 Å². The van der Waals surface area contributed by atoms with Crippen LogP contribution in [0.2, 0.25) is 0 Å². The fraction of sp³-hybridized carbons (Fsp3) is 1.00. The first-order chi connectivity index (χ1) is 6.26. The molecule has 86 valence electrons. The number of hydrogen-bond donors (Lipinski definition) is 2. The predicted octanol–water partition coefficient (Wildman–Crippen LogP) is 2.94. The van der Waals surface area contributed by atoms with Crippen molar-refractivity contribution in [3.63, 3.8) is 0 Å². The van der Waals surface area contributed by atoms with Crippen LogP contribution in [-0.4, -0.2) is 33.2 Å². The quantitative estimate of drug-likeness (QED) is 0.729. The van der Waals surface area contributed by atoms with Crippen LogP contribution in [0.1, 0.15) is 40.5 Å². The van der Waals surface area contributed by atoms with Gasteiger partial charge in [0.2, 0.25) is 0 Å². The van der Waals surface area contributed by atoms with Crippen LogP contribution in [0.25, 0.3) is 0 Å². The molecule has 4 heteroatoms. The average molecular weight is 241 g/mol. The molecule has 1 fully saturated rings. The van der Waals surface area contributed by atoms with Crippen LogP contribution in [0.5, 0.6) is 0 Å². The molecule has 0 aromatic carbocycles. The second-order valence-electron chi connectivity index (χ2n) is 5.01. The Kier molecular flexibility index (Phi) is 3.26. The van der Waals surface area contributed by atoms with Crippen molar-refractivity contribution < 1.29 is 10.2 Å². The second-order valence-corrected chi connectivity index (χ2v) is 13.2. The van der Waals surface area contributed by atoms with Crippen LogP contribution in [0.15, 0.2) is 0 Å². The Balaban J connectivity index is 3.28. The summed E-state index contributed by atoms with van der Waals surface area (Å²) in [6.07, 6.45) is 1.30. The van der Waals surface area contributed by atoms with Crippen LogP contribution in [-0.2, 0) is 0 Å². The van der Waals surface area contributed by atoms with Crippen molar-refractivity contribution in [1.82, 2.24) is 0 Å². The Morgan fingerprint density at radius 3 is 1.43 bits per heavy atom. The molecule has 2 N–H and O–H groups in total. The van der Waals surface area contributed by atoms with Crippen LogP contribution < -0.4 is 0 Å². The standard InChI is InChI=1S/C10H22ClO2P/c1-7(2)14(11,8(3)4)9(12)5-6-10(14)13/h7-10,12-13H,5-6H2,1-4H3. The molecule has 1 aliphatic heterocycles. The summed E-state index contributed by atoms with van der Waals surface area (Å²) < 4.78 is 0. The van der Waals surface area contributed by atoms with Gasteiger partial charge in [-0.25, -0.2) is 0 Å². The van der Waals surface area contributed by atoms with E-state index in [0.717, 1.165) is 0 Å². The van der Waals surface area contributed by atoms with E-state index in [0.29, 0.717) is 12.8 Å². The van der Waals surface area contributed by atoms with E-state index in [1.807, 2.05) is 27.7 Å². The number of halogens is 1. The fourth-order valence-electron chi connectivity index (χ4n) is 3.01. The van der Waals surface area contributed by atoms with Gasteiger partial charge in [0.1, 0.15) is 0 Å². The van der Waals surface area contributed by atoms with Crippen molar-refractivity contribution in [2.45, 2.75) is 63.5 Å². The van der Waals surface area contributed by atoms with Gasteiger partial charge in [-0.05, 0) is 0 Å². The first-order valence-electron chi connectivity index (χ1n) is 5.34. The summed E-state index contributed by atoms with van der Waals surface area (Å²) in [5.41, 5.74) is 0.352.